The molecule has 1 saturated carbocycles. The van der Waals surface area contributed by atoms with Gasteiger partial charge >= 0.3 is 6.18 Å². The minimum Gasteiger partial charge on any atom is -0.487 e. The van der Waals surface area contributed by atoms with Crippen LogP contribution in [0, 0.1) is 5.92 Å². The molecule has 21 heavy (non-hydrogen) atoms. The summed E-state index contributed by atoms with van der Waals surface area (Å²) in [4.78, 5) is 0. The summed E-state index contributed by atoms with van der Waals surface area (Å²) in [5.74, 6) is -0.723. The van der Waals surface area contributed by atoms with Gasteiger partial charge in [0.25, 0.3) is 0 Å². The average molecular weight is 321 g/mol. The molecule has 1 atom stereocenters. The molecule has 0 bridgehead atoms. The van der Waals surface area contributed by atoms with E-state index in [1.54, 1.807) is 18.2 Å². The molecule has 0 amide bonds. The van der Waals surface area contributed by atoms with Gasteiger partial charge < -0.3 is 9.84 Å². The number of ether oxygens (including phenoxy) is 1. The highest BCUT2D eigenvalue weighted by molar-refractivity contribution is 6.30. The molecule has 0 aromatic heterocycles. The Hall–Kier alpha value is -0.940. The van der Waals surface area contributed by atoms with Gasteiger partial charge in [-0.2, -0.15) is 13.2 Å². The monoisotopic (exact) mass is 320 g/mol. The molecule has 2 aliphatic rings. The quantitative estimate of drug-likeness (QED) is 0.754. The van der Waals surface area contributed by atoms with Gasteiger partial charge in [0, 0.05) is 17.0 Å². The van der Waals surface area contributed by atoms with Gasteiger partial charge in [-0.05, 0) is 43.9 Å². The van der Waals surface area contributed by atoms with Crippen LogP contribution in [0.2, 0.25) is 5.02 Å². The lowest BCUT2D eigenvalue weighted by molar-refractivity contribution is -0.193. The smallest absolute Gasteiger partial charge is 0.391 e. The third-order valence-corrected chi connectivity index (χ3v) is 4.82. The van der Waals surface area contributed by atoms with Crippen molar-refractivity contribution in [3.63, 3.8) is 0 Å². The van der Waals surface area contributed by atoms with Crippen molar-refractivity contribution < 1.29 is 23.0 Å². The molecule has 1 aliphatic heterocycles. The SMILES string of the molecule is OC1CC2(CCC(C(F)(F)F)CC2)Oc2ccc(Cl)cc21. The van der Waals surface area contributed by atoms with Gasteiger partial charge in [-0.25, -0.2) is 0 Å². The molecule has 2 nitrogen and oxygen atoms in total. The van der Waals surface area contributed by atoms with Crippen LogP contribution in [-0.2, 0) is 0 Å². The molecule has 1 heterocycles. The van der Waals surface area contributed by atoms with E-state index in [1.165, 1.54) is 0 Å². The third kappa shape index (κ3) is 2.86. The van der Waals surface area contributed by atoms with E-state index in [9.17, 15) is 18.3 Å². The first kappa shape index (κ1) is 15.0. The summed E-state index contributed by atoms with van der Waals surface area (Å²) in [6.07, 6.45) is -3.81. The molecule has 116 valence electrons. The predicted octanol–water partition coefficient (Wildman–Crippen LogP) is 4.65. The Kier molecular flexibility index (Phi) is 3.61. The molecule has 1 unspecified atom stereocenters. The van der Waals surface area contributed by atoms with Crippen molar-refractivity contribution in [2.24, 2.45) is 5.92 Å². The number of alkyl halides is 3. The Labute approximate surface area is 125 Å². The van der Waals surface area contributed by atoms with Crippen molar-refractivity contribution in [3.8, 4) is 5.75 Å². The number of hydrogen-bond donors (Lipinski definition) is 1. The zero-order chi connectivity index (χ0) is 15.3. The summed E-state index contributed by atoms with van der Waals surface area (Å²) in [6, 6.07) is 4.99. The van der Waals surface area contributed by atoms with Crippen molar-refractivity contribution in [2.75, 3.05) is 0 Å². The standard InChI is InChI=1S/C15H16ClF3O2/c16-10-1-2-13-11(7-10)12(20)8-14(21-13)5-3-9(4-6-14)15(17,18)19/h1-2,7,9,12,20H,3-6,8H2. The van der Waals surface area contributed by atoms with Crippen LogP contribution < -0.4 is 4.74 Å². The molecule has 0 saturated heterocycles. The third-order valence-electron chi connectivity index (χ3n) is 4.58. The number of fused-ring (bicyclic) bond motifs is 1. The van der Waals surface area contributed by atoms with Crippen molar-refractivity contribution in [1.82, 2.24) is 0 Å². The normalized spacial score (nSPS) is 32.6. The largest absolute Gasteiger partial charge is 0.487 e. The Morgan fingerprint density at radius 3 is 2.52 bits per heavy atom. The predicted molar refractivity (Wildman–Crippen MR) is 72.4 cm³/mol. The molecule has 1 spiro atoms. The molecule has 1 aromatic carbocycles. The summed E-state index contributed by atoms with van der Waals surface area (Å²) >= 11 is 5.90. The molecule has 1 fully saturated rings. The molecule has 3 rings (SSSR count). The Balaban J connectivity index is 1.79. The first-order valence-corrected chi connectivity index (χ1v) is 7.40. The van der Waals surface area contributed by atoms with Gasteiger partial charge in [0.2, 0.25) is 0 Å². The summed E-state index contributed by atoms with van der Waals surface area (Å²) < 4.78 is 44.2. The average Bonchev–Trinajstić information content (AvgIpc) is 2.39. The zero-order valence-corrected chi connectivity index (χ0v) is 12.0. The summed E-state index contributed by atoms with van der Waals surface area (Å²) in [5.41, 5.74) is -0.0618. The second kappa shape index (κ2) is 5.06. The Bertz CT molecular complexity index is 536. The highest BCUT2D eigenvalue weighted by atomic mass is 35.5. The van der Waals surface area contributed by atoms with Gasteiger partial charge in [-0.3, -0.25) is 0 Å². The molecular formula is C15H16ClF3O2. The van der Waals surface area contributed by atoms with Crippen LogP contribution in [-0.4, -0.2) is 16.9 Å². The number of rotatable bonds is 0. The second-order valence-corrected chi connectivity index (χ2v) is 6.44. The van der Waals surface area contributed by atoms with Crippen LogP contribution in [0.5, 0.6) is 5.75 Å². The number of aliphatic hydroxyl groups is 1. The van der Waals surface area contributed by atoms with Crippen molar-refractivity contribution >= 4 is 11.6 Å². The lowest BCUT2D eigenvalue weighted by Gasteiger charge is -2.45. The molecule has 1 N–H and O–H groups in total. The summed E-state index contributed by atoms with van der Waals surface area (Å²) in [7, 11) is 0. The number of aliphatic hydroxyl groups excluding tert-OH is 1. The maximum Gasteiger partial charge on any atom is 0.391 e. The maximum atomic E-state index is 12.8. The van der Waals surface area contributed by atoms with E-state index in [2.05, 4.69) is 0 Å². The van der Waals surface area contributed by atoms with E-state index < -0.39 is 23.8 Å². The van der Waals surface area contributed by atoms with Crippen LogP contribution in [0.1, 0.15) is 43.8 Å². The van der Waals surface area contributed by atoms with Crippen molar-refractivity contribution in [2.45, 2.75) is 50.0 Å². The van der Waals surface area contributed by atoms with E-state index in [1.807, 2.05) is 0 Å². The van der Waals surface area contributed by atoms with E-state index in [0.29, 0.717) is 35.6 Å². The second-order valence-electron chi connectivity index (χ2n) is 6.00. The van der Waals surface area contributed by atoms with E-state index in [0.717, 1.165) is 0 Å². The minimum absolute atomic E-state index is 0.0547. The van der Waals surface area contributed by atoms with Gasteiger partial charge in [0.15, 0.2) is 0 Å². The fourth-order valence-electron chi connectivity index (χ4n) is 3.39. The maximum absolute atomic E-state index is 12.8. The van der Waals surface area contributed by atoms with E-state index in [-0.39, 0.29) is 12.8 Å². The van der Waals surface area contributed by atoms with Gasteiger partial charge in [0.05, 0.1) is 12.0 Å². The Morgan fingerprint density at radius 2 is 1.90 bits per heavy atom. The first-order chi connectivity index (χ1) is 9.79. The van der Waals surface area contributed by atoms with Gasteiger partial charge in [-0.15, -0.1) is 0 Å². The first-order valence-electron chi connectivity index (χ1n) is 7.02. The highest BCUT2D eigenvalue weighted by Crippen LogP contribution is 2.50. The van der Waals surface area contributed by atoms with Crippen molar-refractivity contribution in [3.05, 3.63) is 28.8 Å². The van der Waals surface area contributed by atoms with Crippen LogP contribution >= 0.6 is 11.6 Å². The van der Waals surface area contributed by atoms with Crippen LogP contribution in [0.4, 0.5) is 13.2 Å². The number of hydrogen-bond acceptors (Lipinski definition) is 2. The molecule has 1 aliphatic carbocycles. The summed E-state index contributed by atoms with van der Waals surface area (Å²) in [5, 5.41) is 10.8. The highest BCUT2D eigenvalue weighted by Gasteiger charge is 2.49. The van der Waals surface area contributed by atoms with Crippen LogP contribution in [0.25, 0.3) is 0 Å². The number of halogens is 4. The van der Waals surface area contributed by atoms with Crippen LogP contribution in [0.15, 0.2) is 18.2 Å². The lowest BCUT2D eigenvalue weighted by atomic mass is 9.74. The molecule has 1 aromatic rings. The fourth-order valence-corrected chi connectivity index (χ4v) is 3.57. The molecular weight excluding hydrogens is 305 g/mol. The molecule has 6 heteroatoms. The fraction of sp³-hybridized carbons (Fsp3) is 0.600. The van der Waals surface area contributed by atoms with Crippen LogP contribution in [0.3, 0.4) is 0 Å². The zero-order valence-electron chi connectivity index (χ0n) is 11.3. The Morgan fingerprint density at radius 1 is 1.24 bits per heavy atom. The summed E-state index contributed by atoms with van der Waals surface area (Å²) in [6.45, 7) is 0. The molecule has 0 radical (unpaired) electrons. The van der Waals surface area contributed by atoms with E-state index in [4.69, 9.17) is 16.3 Å². The minimum atomic E-state index is -4.14. The van der Waals surface area contributed by atoms with Crippen molar-refractivity contribution in [1.29, 1.82) is 0 Å². The topological polar surface area (TPSA) is 29.5 Å². The number of benzene rings is 1. The van der Waals surface area contributed by atoms with E-state index >= 15 is 0 Å². The lowest BCUT2D eigenvalue weighted by Crippen LogP contribution is -2.46. The van der Waals surface area contributed by atoms with Gasteiger partial charge in [-0.1, -0.05) is 11.6 Å². The van der Waals surface area contributed by atoms with Gasteiger partial charge in [0.1, 0.15) is 11.4 Å².